The van der Waals surface area contributed by atoms with Gasteiger partial charge in [0.25, 0.3) is 0 Å². The van der Waals surface area contributed by atoms with E-state index in [1.165, 1.54) is 18.4 Å². The first-order chi connectivity index (χ1) is 13.2. The van der Waals surface area contributed by atoms with Crippen LogP contribution in [0.5, 0.6) is 0 Å². The molecule has 2 aromatic rings. The second kappa shape index (κ2) is 7.84. The summed E-state index contributed by atoms with van der Waals surface area (Å²) in [5, 5.41) is 4.40. The molecule has 2 fully saturated rings. The van der Waals surface area contributed by atoms with E-state index in [-0.39, 0.29) is 5.41 Å². The molecule has 2 aliphatic heterocycles. The highest BCUT2D eigenvalue weighted by Crippen LogP contribution is 2.39. The molecule has 4 heterocycles. The molecule has 0 radical (unpaired) electrons. The summed E-state index contributed by atoms with van der Waals surface area (Å²) in [7, 11) is 0. The standard InChI is InChI=1S/C20H30N6O/c1-2-26-13-17(10-23-26)12-24-8-3-6-20(14-24)7-4-19(27)25(15-20)9-5-18-11-21-16-22-18/h10-11,13,16H,2-9,12,14-15H2,1H3,(H,21,22)/t20-/m0/s1. The largest absolute Gasteiger partial charge is 0.348 e. The van der Waals surface area contributed by atoms with Crippen molar-refractivity contribution in [1.29, 1.82) is 0 Å². The molecule has 2 aliphatic rings. The van der Waals surface area contributed by atoms with E-state index in [2.05, 4.69) is 38.0 Å². The molecule has 1 atom stereocenters. The van der Waals surface area contributed by atoms with Gasteiger partial charge in [0.2, 0.25) is 5.91 Å². The lowest BCUT2D eigenvalue weighted by Crippen LogP contribution is -2.54. The van der Waals surface area contributed by atoms with Crippen molar-refractivity contribution in [2.75, 3.05) is 26.2 Å². The molecule has 1 N–H and O–H groups in total. The highest BCUT2D eigenvalue weighted by atomic mass is 16.2. The Hall–Kier alpha value is -2.15. The highest BCUT2D eigenvalue weighted by molar-refractivity contribution is 5.77. The van der Waals surface area contributed by atoms with Crippen molar-refractivity contribution in [1.82, 2.24) is 29.5 Å². The SMILES string of the molecule is CCn1cc(CN2CCC[C@]3(CCC(=O)N(CCc4cnc[nH]4)C3)C2)cn1. The van der Waals surface area contributed by atoms with Gasteiger partial charge in [-0.1, -0.05) is 0 Å². The number of hydrogen-bond acceptors (Lipinski definition) is 4. The van der Waals surface area contributed by atoms with Gasteiger partial charge in [-0.3, -0.25) is 14.4 Å². The first-order valence-corrected chi connectivity index (χ1v) is 10.1. The number of likely N-dealkylation sites (tertiary alicyclic amines) is 2. The van der Waals surface area contributed by atoms with Crippen LogP contribution >= 0.6 is 0 Å². The number of H-pyrrole nitrogens is 1. The lowest BCUT2D eigenvalue weighted by Gasteiger charge is -2.48. The quantitative estimate of drug-likeness (QED) is 0.845. The molecule has 0 aliphatic carbocycles. The van der Waals surface area contributed by atoms with E-state index in [9.17, 15) is 4.79 Å². The second-order valence-corrected chi connectivity index (χ2v) is 8.16. The fourth-order valence-corrected chi connectivity index (χ4v) is 4.68. The van der Waals surface area contributed by atoms with Gasteiger partial charge < -0.3 is 9.88 Å². The molecule has 4 rings (SSSR count). The van der Waals surface area contributed by atoms with Crippen molar-refractivity contribution in [3.63, 3.8) is 0 Å². The number of nitrogens with one attached hydrogen (secondary N) is 1. The van der Waals surface area contributed by atoms with E-state index in [0.29, 0.717) is 12.3 Å². The number of piperidine rings is 2. The van der Waals surface area contributed by atoms with Crippen LogP contribution in [0.15, 0.2) is 24.9 Å². The molecule has 7 heteroatoms. The molecule has 0 saturated carbocycles. The number of aromatic amines is 1. The maximum absolute atomic E-state index is 12.5. The Morgan fingerprint density at radius 2 is 2.19 bits per heavy atom. The monoisotopic (exact) mass is 370 g/mol. The summed E-state index contributed by atoms with van der Waals surface area (Å²) in [6, 6.07) is 0. The Balaban J connectivity index is 1.38. The number of carbonyl (C=O) groups is 1. The third-order valence-corrected chi connectivity index (χ3v) is 6.11. The summed E-state index contributed by atoms with van der Waals surface area (Å²) in [5.74, 6) is 0.307. The van der Waals surface area contributed by atoms with Gasteiger partial charge >= 0.3 is 0 Å². The number of rotatable bonds is 6. The number of amides is 1. The Bertz CT molecular complexity index is 754. The van der Waals surface area contributed by atoms with Crippen molar-refractivity contribution in [2.24, 2.45) is 5.41 Å². The number of nitrogens with zero attached hydrogens (tertiary/aromatic N) is 5. The Morgan fingerprint density at radius 3 is 2.96 bits per heavy atom. The van der Waals surface area contributed by atoms with Crippen molar-refractivity contribution in [2.45, 2.75) is 52.1 Å². The lowest BCUT2D eigenvalue weighted by atomic mass is 9.73. The topological polar surface area (TPSA) is 70.1 Å². The van der Waals surface area contributed by atoms with E-state index in [4.69, 9.17) is 0 Å². The van der Waals surface area contributed by atoms with Crippen LogP contribution in [0, 0.1) is 5.41 Å². The average molecular weight is 371 g/mol. The van der Waals surface area contributed by atoms with Gasteiger partial charge in [-0.2, -0.15) is 5.10 Å². The van der Waals surface area contributed by atoms with Crippen LogP contribution in [-0.2, 0) is 24.3 Å². The minimum atomic E-state index is 0.251. The molecule has 0 bridgehead atoms. The van der Waals surface area contributed by atoms with Gasteiger partial charge in [-0.25, -0.2) is 4.98 Å². The maximum atomic E-state index is 12.5. The molecule has 146 valence electrons. The smallest absolute Gasteiger partial charge is 0.222 e. The maximum Gasteiger partial charge on any atom is 0.222 e. The molecular weight excluding hydrogens is 340 g/mol. The van der Waals surface area contributed by atoms with Gasteiger partial charge in [0.05, 0.1) is 12.5 Å². The summed E-state index contributed by atoms with van der Waals surface area (Å²) in [6.45, 7) is 7.89. The van der Waals surface area contributed by atoms with Crippen LogP contribution in [0.4, 0.5) is 0 Å². The average Bonchev–Trinajstić information content (AvgIpc) is 3.35. The molecule has 1 spiro atoms. The highest BCUT2D eigenvalue weighted by Gasteiger charge is 2.41. The summed E-state index contributed by atoms with van der Waals surface area (Å²) >= 11 is 0. The number of hydrogen-bond donors (Lipinski definition) is 1. The predicted molar refractivity (Wildman–Crippen MR) is 103 cm³/mol. The zero-order valence-electron chi connectivity index (χ0n) is 16.2. The zero-order valence-corrected chi connectivity index (χ0v) is 16.2. The van der Waals surface area contributed by atoms with Crippen molar-refractivity contribution in [3.8, 4) is 0 Å². The summed E-state index contributed by atoms with van der Waals surface area (Å²) in [5.41, 5.74) is 2.64. The van der Waals surface area contributed by atoms with E-state index >= 15 is 0 Å². The number of aryl methyl sites for hydroxylation is 1. The van der Waals surface area contributed by atoms with Crippen LogP contribution in [0.2, 0.25) is 0 Å². The van der Waals surface area contributed by atoms with Gasteiger partial charge in [0, 0.05) is 74.6 Å². The number of imidazole rings is 1. The minimum absolute atomic E-state index is 0.251. The third-order valence-electron chi connectivity index (χ3n) is 6.11. The zero-order chi connectivity index (χ0) is 18.7. The molecule has 1 amide bonds. The predicted octanol–water partition coefficient (Wildman–Crippen LogP) is 2.07. The van der Waals surface area contributed by atoms with E-state index in [1.54, 1.807) is 6.33 Å². The van der Waals surface area contributed by atoms with Crippen molar-refractivity contribution < 1.29 is 4.79 Å². The molecule has 27 heavy (non-hydrogen) atoms. The normalized spacial score (nSPS) is 24.0. The fraction of sp³-hybridized carbons (Fsp3) is 0.650. The van der Waals surface area contributed by atoms with E-state index in [0.717, 1.165) is 57.8 Å². The van der Waals surface area contributed by atoms with E-state index in [1.807, 2.05) is 17.1 Å². The Kier molecular flexibility index (Phi) is 5.29. The van der Waals surface area contributed by atoms with Gasteiger partial charge in [0.15, 0.2) is 0 Å². The Labute approximate surface area is 160 Å². The van der Waals surface area contributed by atoms with E-state index < -0.39 is 0 Å². The summed E-state index contributed by atoms with van der Waals surface area (Å²) in [6.07, 6.45) is 12.7. The summed E-state index contributed by atoms with van der Waals surface area (Å²) in [4.78, 5) is 24.3. The van der Waals surface area contributed by atoms with Gasteiger partial charge in [-0.15, -0.1) is 0 Å². The number of aromatic nitrogens is 4. The van der Waals surface area contributed by atoms with Crippen LogP contribution in [0.25, 0.3) is 0 Å². The third kappa shape index (κ3) is 4.24. The molecule has 2 aromatic heterocycles. The Morgan fingerprint density at radius 1 is 1.26 bits per heavy atom. The van der Waals surface area contributed by atoms with Gasteiger partial charge in [-0.05, 0) is 32.7 Å². The molecule has 0 unspecified atom stereocenters. The van der Waals surface area contributed by atoms with Gasteiger partial charge in [0.1, 0.15) is 0 Å². The molecule has 7 nitrogen and oxygen atoms in total. The van der Waals surface area contributed by atoms with Crippen LogP contribution in [-0.4, -0.2) is 61.6 Å². The summed E-state index contributed by atoms with van der Waals surface area (Å²) < 4.78 is 1.99. The lowest BCUT2D eigenvalue weighted by molar-refractivity contribution is -0.139. The first kappa shape index (κ1) is 18.2. The molecule has 0 aromatic carbocycles. The first-order valence-electron chi connectivity index (χ1n) is 10.1. The van der Waals surface area contributed by atoms with Crippen LogP contribution < -0.4 is 0 Å². The second-order valence-electron chi connectivity index (χ2n) is 8.16. The minimum Gasteiger partial charge on any atom is -0.348 e. The van der Waals surface area contributed by atoms with Crippen molar-refractivity contribution in [3.05, 3.63) is 36.2 Å². The van der Waals surface area contributed by atoms with Crippen LogP contribution in [0.1, 0.15) is 43.9 Å². The molecule has 2 saturated heterocycles. The van der Waals surface area contributed by atoms with Crippen molar-refractivity contribution >= 4 is 5.91 Å². The fourth-order valence-electron chi connectivity index (χ4n) is 4.68. The number of carbonyl (C=O) groups excluding carboxylic acids is 1. The molecular formula is C20H30N6O. The van der Waals surface area contributed by atoms with Crippen LogP contribution in [0.3, 0.4) is 0 Å².